The van der Waals surface area contributed by atoms with Crippen LogP contribution < -0.4 is 5.32 Å². The van der Waals surface area contributed by atoms with Crippen LogP contribution in [0.1, 0.15) is 48.0 Å². The molecule has 2 fully saturated rings. The van der Waals surface area contributed by atoms with E-state index in [1.807, 2.05) is 11.8 Å². The molecule has 2 amide bonds. The molecule has 0 aliphatic carbocycles. The molecular weight excluding hydrogens is 438 g/mol. The number of hydrogen-bond acceptors (Lipinski definition) is 4. The highest BCUT2D eigenvalue weighted by atomic mass is 32.2. The summed E-state index contributed by atoms with van der Waals surface area (Å²) in [7, 11) is -3.66. The van der Waals surface area contributed by atoms with Crippen molar-refractivity contribution in [1.29, 1.82) is 0 Å². The lowest BCUT2D eigenvalue weighted by molar-refractivity contribution is -0.120. The second kappa shape index (κ2) is 10.1. The number of amides is 2. The molecular formula is C25H31N3O4S. The third-order valence-electron chi connectivity index (χ3n) is 6.47. The zero-order valence-corrected chi connectivity index (χ0v) is 19.8. The van der Waals surface area contributed by atoms with Gasteiger partial charge in [-0.1, -0.05) is 29.8 Å². The smallest absolute Gasteiger partial charge is 0.255 e. The zero-order chi connectivity index (χ0) is 23.4. The quantitative estimate of drug-likeness (QED) is 0.724. The van der Waals surface area contributed by atoms with Crippen molar-refractivity contribution < 1.29 is 18.0 Å². The number of sulfonamides is 1. The Morgan fingerprint density at radius 2 is 1.61 bits per heavy atom. The molecule has 2 aromatic carbocycles. The van der Waals surface area contributed by atoms with E-state index in [0.29, 0.717) is 30.6 Å². The first-order valence-electron chi connectivity index (χ1n) is 11.6. The Labute approximate surface area is 195 Å². The maximum atomic E-state index is 13.1. The Kier molecular flexibility index (Phi) is 7.14. The second-order valence-corrected chi connectivity index (χ2v) is 10.8. The van der Waals surface area contributed by atoms with E-state index in [-0.39, 0.29) is 23.3 Å². The largest absolute Gasteiger partial charge is 0.339 e. The van der Waals surface area contributed by atoms with Crippen LogP contribution in [0.4, 0.5) is 5.69 Å². The summed E-state index contributed by atoms with van der Waals surface area (Å²) in [6.07, 6.45) is 4.33. The minimum atomic E-state index is -3.66. The average molecular weight is 470 g/mol. The third kappa shape index (κ3) is 5.28. The number of anilines is 1. The zero-order valence-electron chi connectivity index (χ0n) is 19.0. The highest BCUT2D eigenvalue weighted by molar-refractivity contribution is 7.89. The maximum Gasteiger partial charge on any atom is 0.255 e. The van der Waals surface area contributed by atoms with E-state index in [1.165, 1.54) is 4.31 Å². The van der Waals surface area contributed by atoms with Gasteiger partial charge >= 0.3 is 0 Å². The maximum absolute atomic E-state index is 13.1. The van der Waals surface area contributed by atoms with Crippen LogP contribution in [-0.4, -0.2) is 55.6 Å². The fourth-order valence-electron chi connectivity index (χ4n) is 4.51. The van der Waals surface area contributed by atoms with Crippen LogP contribution in [0.2, 0.25) is 0 Å². The summed E-state index contributed by atoms with van der Waals surface area (Å²) in [5.41, 5.74) is 1.95. The SMILES string of the molecule is Cc1ccc(S(=O)(=O)N2CCC[C@H](C(=O)Nc3ccccc3C(=O)N3CCCCC3)C2)cc1. The van der Waals surface area contributed by atoms with Crippen LogP contribution in [0.15, 0.2) is 53.4 Å². The topological polar surface area (TPSA) is 86.8 Å². The number of nitrogens with one attached hydrogen (secondary N) is 1. The Hall–Kier alpha value is -2.71. The molecule has 8 heteroatoms. The van der Waals surface area contributed by atoms with Crippen molar-refractivity contribution in [2.24, 2.45) is 5.92 Å². The van der Waals surface area contributed by atoms with Crippen LogP contribution in [0.3, 0.4) is 0 Å². The number of carbonyl (C=O) groups is 2. The van der Waals surface area contributed by atoms with E-state index in [4.69, 9.17) is 0 Å². The van der Waals surface area contributed by atoms with Gasteiger partial charge in [0.2, 0.25) is 15.9 Å². The fourth-order valence-corrected chi connectivity index (χ4v) is 6.04. The lowest BCUT2D eigenvalue weighted by atomic mass is 9.98. The summed E-state index contributed by atoms with van der Waals surface area (Å²) >= 11 is 0. The molecule has 4 rings (SSSR count). The van der Waals surface area contributed by atoms with Crippen molar-refractivity contribution >= 4 is 27.5 Å². The molecule has 1 N–H and O–H groups in total. The minimum absolute atomic E-state index is 0.0715. The number of piperidine rings is 2. The molecule has 176 valence electrons. The molecule has 2 aromatic rings. The first-order valence-corrected chi connectivity index (χ1v) is 13.1. The van der Waals surface area contributed by atoms with Gasteiger partial charge in [-0.2, -0.15) is 4.31 Å². The number of rotatable bonds is 5. The minimum Gasteiger partial charge on any atom is -0.339 e. The Morgan fingerprint density at radius 3 is 2.33 bits per heavy atom. The average Bonchev–Trinajstić information content (AvgIpc) is 2.85. The monoisotopic (exact) mass is 469 g/mol. The summed E-state index contributed by atoms with van der Waals surface area (Å²) in [6, 6.07) is 13.8. The van der Waals surface area contributed by atoms with E-state index in [1.54, 1.807) is 48.5 Å². The van der Waals surface area contributed by atoms with Gasteiger partial charge in [0, 0.05) is 26.2 Å². The summed E-state index contributed by atoms with van der Waals surface area (Å²) in [5.74, 6) is -0.798. The molecule has 2 aliphatic rings. The molecule has 0 bridgehead atoms. The third-order valence-corrected chi connectivity index (χ3v) is 8.35. The molecule has 2 heterocycles. The number of carbonyl (C=O) groups excluding carboxylic acids is 2. The predicted octanol–water partition coefficient (Wildman–Crippen LogP) is 3.66. The van der Waals surface area contributed by atoms with Gasteiger partial charge in [0.05, 0.1) is 22.1 Å². The summed E-state index contributed by atoms with van der Waals surface area (Å²) < 4.78 is 27.6. The molecule has 2 saturated heterocycles. The Balaban J connectivity index is 1.47. The van der Waals surface area contributed by atoms with Gasteiger partial charge in [-0.05, 0) is 63.3 Å². The highest BCUT2D eigenvalue weighted by Crippen LogP contribution is 2.26. The Morgan fingerprint density at radius 1 is 0.909 bits per heavy atom. The van der Waals surface area contributed by atoms with Crippen LogP contribution in [0.5, 0.6) is 0 Å². The summed E-state index contributed by atoms with van der Waals surface area (Å²) in [5, 5.41) is 2.91. The molecule has 7 nitrogen and oxygen atoms in total. The molecule has 0 aromatic heterocycles. The van der Waals surface area contributed by atoms with E-state index < -0.39 is 15.9 Å². The first-order chi connectivity index (χ1) is 15.9. The van der Waals surface area contributed by atoms with E-state index in [0.717, 1.165) is 37.9 Å². The Bertz CT molecular complexity index is 1110. The number of hydrogen-bond donors (Lipinski definition) is 1. The predicted molar refractivity (Wildman–Crippen MR) is 127 cm³/mol. The highest BCUT2D eigenvalue weighted by Gasteiger charge is 2.33. The van der Waals surface area contributed by atoms with Gasteiger partial charge in [0.15, 0.2) is 0 Å². The standard InChI is InChI=1S/C25H31N3O4S/c1-19-11-13-21(14-12-19)33(31,32)28-17-7-8-20(18-28)24(29)26-23-10-4-3-9-22(23)25(30)27-15-5-2-6-16-27/h3-4,9-14,20H,2,5-8,15-18H2,1H3,(H,26,29)/t20-/m0/s1. The van der Waals surface area contributed by atoms with Gasteiger partial charge in [-0.15, -0.1) is 0 Å². The number of para-hydroxylation sites is 1. The molecule has 1 atom stereocenters. The van der Waals surface area contributed by atoms with Crippen molar-refractivity contribution in [2.45, 2.75) is 43.9 Å². The fraction of sp³-hybridized carbons (Fsp3) is 0.440. The van der Waals surface area contributed by atoms with E-state index in [2.05, 4.69) is 5.32 Å². The number of aryl methyl sites for hydroxylation is 1. The number of nitrogens with zero attached hydrogens (tertiary/aromatic N) is 2. The van der Waals surface area contributed by atoms with Gasteiger partial charge in [0.25, 0.3) is 5.91 Å². The van der Waals surface area contributed by atoms with Crippen molar-refractivity contribution in [1.82, 2.24) is 9.21 Å². The molecule has 0 radical (unpaired) electrons. The van der Waals surface area contributed by atoms with Crippen molar-refractivity contribution in [2.75, 3.05) is 31.5 Å². The van der Waals surface area contributed by atoms with Crippen LogP contribution in [0.25, 0.3) is 0 Å². The normalized spacial score (nSPS) is 19.8. The van der Waals surface area contributed by atoms with Crippen LogP contribution in [-0.2, 0) is 14.8 Å². The van der Waals surface area contributed by atoms with Gasteiger partial charge in [-0.3, -0.25) is 9.59 Å². The summed E-state index contributed by atoms with van der Waals surface area (Å²) in [6.45, 7) is 3.89. The second-order valence-electron chi connectivity index (χ2n) is 8.90. The summed E-state index contributed by atoms with van der Waals surface area (Å²) in [4.78, 5) is 28.2. The van der Waals surface area contributed by atoms with Gasteiger partial charge in [0.1, 0.15) is 0 Å². The van der Waals surface area contributed by atoms with Crippen molar-refractivity contribution in [3.63, 3.8) is 0 Å². The van der Waals surface area contributed by atoms with Gasteiger partial charge < -0.3 is 10.2 Å². The molecule has 0 spiro atoms. The lowest BCUT2D eigenvalue weighted by Crippen LogP contribution is -2.43. The number of benzene rings is 2. The van der Waals surface area contributed by atoms with Crippen molar-refractivity contribution in [3.8, 4) is 0 Å². The van der Waals surface area contributed by atoms with Crippen LogP contribution >= 0.6 is 0 Å². The van der Waals surface area contributed by atoms with Gasteiger partial charge in [-0.25, -0.2) is 8.42 Å². The van der Waals surface area contributed by atoms with Crippen molar-refractivity contribution in [3.05, 3.63) is 59.7 Å². The molecule has 0 saturated carbocycles. The molecule has 2 aliphatic heterocycles. The van der Waals surface area contributed by atoms with E-state index in [9.17, 15) is 18.0 Å². The van der Waals surface area contributed by atoms with Crippen LogP contribution in [0, 0.1) is 12.8 Å². The first kappa shape index (κ1) is 23.4. The molecule has 33 heavy (non-hydrogen) atoms. The van der Waals surface area contributed by atoms with E-state index >= 15 is 0 Å². The number of likely N-dealkylation sites (tertiary alicyclic amines) is 1. The lowest BCUT2D eigenvalue weighted by Gasteiger charge is -2.31. The molecule has 0 unspecified atom stereocenters.